The molecule has 8 nitrogen and oxygen atoms in total. The minimum Gasteiger partial charge on any atom is -0.497 e. The first-order valence-electron chi connectivity index (χ1n) is 10.1. The molecule has 1 aromatic carbocycles. The van der Waals surface area contributed by atoms with Crippen LogP contribution in [0.25, 0.3) is 11.0 Å². The first-order chi connectivity index (χ1) is 14.5. The van der Waals surface area contributed by atoms with E-state index in [0.717, 1.165) is 37.0 Å². The van der Waals surface area contributed by atoms with Gasteiger partial charge in [0.15, 0.2) is 0 Å². The number of hydrogen-bond donors (Lipinski definition) is 2. The molecule has 8 heteroatoms. The maximum Gasteiger partial charge on any atom is 0.330 e. The van der Waals surface area contributed by atoms with Crippen LogP contribution >= 0.6 is 0 Å². The van der Waals surface area contributed by atoms with E-state index in [1.165, 1.54) is 16.8 Å². The molecule has 0 saturated heterocycles. The van der Waals surface area contributed by atoms with Gasteiger partial charge >= 0.3 is 5.69 Å². The quantitative estimate of drug-likeness (QED) is 0.653. The maximum atomic E-state index is 13.0. The van der Waals surface area contributed by atoms with E-state index in [1.807, 2.05) is 24.3 Å². The summed E-state index contributed by atoms with van der Waals surface area (Å²) in [5.74, 6) is 0.860. The zero-order valence-electron chi connectivity index (χ0n) is 16.6. The highest BCUT2D eigenvalue weighted by molar-refractivity contribution is 5.97. The van der Waals surface area contributed by atoms with Gasteiger partial charge in [-0.05, 0) is 55.4 Å². The van der Waals surface area contributed by atoms with Crippen LogP contribution in [0.3, 0.4) is 0 Å². The van der Waals surface area contributed by atoms with Crippen LogP contribution < -0.4 is 21.3 Å². The van der Waals surface area contributed by atoms with Gasteiger partial charge in [-0.3, -0.25) is 19.1 Å². The number of nitrogens with zero attached hydrogens (tertiary/aromatic N) is 2. The number of carbonyl (C=O) groups excluding carboxylic acids is 1. The number of hydrogen-bond acceptors (Lipinski definition) is 5. The molecule has 2 aliphatic carbocycles. The molecule has 2 aromatic heterocycles. The smallest absolute Gasteiger partial charge is 0.330 e. The van der Waals surface area contributed by atoms with Gasteiger partial charge in [-0.15, -0.1) is 0 Å². The predicted octanol–water partition coefficient (Wildman–Crippen LogP) is 2.31. The van der Waals surface area contributed by atoms with E-state index in [1.54, 1.807) is 7.11 Å². The first kappa shape index (κ1) is 18.6. The van der Waals surface area contributed by atoms with Gasteiger partial charge in [0.1, 0.15) is 11.4 Å². The van der Waals surface area contributed by atoms with E-state index in [2.05, 4.69) is 15.3 Å². The summed E-state index contributed by atoms with van der Waals surface area (Å²) in [5.41, 5.74) is 0.668. The number of ether oxygens (including phenoxy) is 1. The van der Waals surface area contributed by atoms with Gasteiger partial charge < -0.3 is 10.1 Å². The van der Waals surface area contributed by atoms with Crippen LogP contribution in [0.2, 0.25) is 0 Å². The third-order valence-electron chi connectivity index (χ3n) is 5.81. The number of rotatable bonds is 6. The Morgan fingerprint density at radius 2 is 1.93 bits per heavy atom. The number of nitrogens with one attached hydrogen (secondary N) is 2. The zero-order chi connectivity index (χ0) is 20.8. The lowest BCUT2D eigenvalue weighted by atomic mass is 10.0. The Hall–Kier alpha value is -3.42. The normalized spacial score (nSPS) is 17.0. The second kappa shape index (κ2) is 7.12. The van der Waals surface area contributed by atoms with E-state index in [-0.39, 0.29) is 23.4 Å². The average Bonchev–Trinajstić information content (AvgIpc) is 3.66. The van der Waals surface area contributed by atoms with Crippen LogP contribution in [-0.4, -0.2) is 27.6 Å². The fourth-order valence-corrected chi connectivity index (χ4v) is 3.87. The van der Waals surface area contributed by atoms with Crippen LogP contribution in [0.1, 0.15) is 53.7 Å². The lowest BCUT2D eigenvalue weighted by Gasteiger charge is -2.19. The number of aromatic amines is 1. The van der Waals surface area contributed by atoms with Gasteiger partial charge in [0, 0.05) is 12.2 Å². The van der Waals surface area contributed by atoms with E-state index in [0.29, 0.717) is 17.1 Å². The third-order valence-corrected chi connectivity index (χ3v) is 5.81. The van der Waals surface area contributed by atoms with Gasteiger partial charge in [0.2, 0.25) is 0 Å². The number of H-pyrrole nitrogens is 1. The van der Waals surface area contributed by atoms with Crippen molar-refractivity contribution in [1.29, 1.82) is 0 Å². The van der Waals surface area contributed by atoms with E-state index in [9.17, 15) is 14.4 Å². The Bertz CT molecular complexity index is 1240. The molecule has 0 aliphatic heterocycles. The van der Waals surface area contributed by atoms with Crippen molar-refractivity contribution in [2.24, 2.45) is 5.92 Å². The second-order valence-electron chi connectivity index (χ2n) is 8.02. The van der Waals surface area contributed by atoms with Crippen molar-refractivity contribution >= 4 is 16.9 Å². The standard InChI is InChI=1S/C22H22N4O4/c1-30-16-8-4-13(5-9-16)18(12-2-3-12)24-20(27)14-10-17-19(23-11-14)26(15-6-7-15)22(29)25-21(17)28/h4-5,8-12,15,18H,2-3,6-7H2,1H3,(H,24,27)(H,25,28,29). The summed E-state index contributed by atoms with van der Waals surface area (Å²) in [5, 5.41) is 3.35. The highest BCUT2D eigenvalue weighted by Crippen LogP contribution is 2.41. The summed E-state index contributed by atoms with van der Waals surface area (Å²) in [7, 11) is 1.62. The van der Waals surface area contributed by atoms with Crippen molar-refractivity contribution < 1.29 is 9.53 Å². The summed E-state index contributed by atoms with van der Waals surface area (Å²) in [6, 6.07) is 9.15. The van der Waals surface area contributed by atoms with Gasteiger partial charge in [-0.1, -0.05) is 12.1 Å². The molecule has 1 unspecified atom stereocenters. The molecule has 2 fully saturated rings. The summed E-state index contributed by atoms with van der Waals surface area (Å²) < 4.78 is 6.73. The number of methoxy groups -OCH3 is 1. The second-order valence-corrected chi connectivity index (χ2v) is 8.02. The predicted molar refractivity (Wildman–Crippen MR) is 111 cm³/mol. The molecule has 0 spiro atoms. The van der Waals surface area contributed by atoms with Crippen molar-refractivity contribution in [1.82, 2.24) is 19.9 Å². The van der Waals surface area contributed by atoms with Gasteiger partial charge in [0.05, 0.1) is 24.1 Å². The molecule has 3 aromatic rings. The van der Waals surface area contributed by atoms with Crippen molar-refractivity contribution in [2.45, 2.75) is 37.8 Å². The van der Waals surface area contributed by atoms with Crippen molar-refractivity contribution in [3.05, 3.63) is 68.5 Å². The number of carbonyl (C=O) groups is 1. The largest absolute Gasteiger partial charge is 0.497 e. The summed E-state index contributed by atoms with van der Waals surface area (Å²) in [6.45, 7) is 0. The van der Waals surface area contributed by atoms with Crippen molar-refractivity contribution in [3.63, 3.8) is 0 Å². The minimum atomic E-state index is -0.525. The minimum absolute atomic E-state index is 0.0679. The van der Waals surface area contributed by atoms with Gasteiger partial charge in [-0.2, -0.15) is 0 Å². The zero-order valence-corrected chi connectivity index (χ0v) is 16.6. The monoisotopic (exact) mass is 406 g/mol. The highest BCUT2D eigenvalue weighted by Gasteiger charge is 2.34. The molecule has 154 valence electrons. The Kier molecular flexibility index (Phi) is 4.42. The molecule has 2 aliphatic rings. The fourth-order valence-electron chi connectivity index (χ4n) is 3.87. The van der Waals surface area contributed by atoms with Crippen LogP contribution in [0, 0.1) is 5.92 Å². The maximum absolute atomic E-state index is 13.0. The SMILES string of the molecule is COc1ccc(C(NC(=O)c2cnc3c(c2)c(=O)[nH]c(=O)n3C2CC2)C2CC2)cc1. The molecule has 2 saturated carbocycles. The topological polar surface area (TPSA) is 106 Å². The van der Waals surface area contributed by atoms with E-state index in [4.69, 9.17) is 4.74 Å². The van der Waals surface area contributed by atoms with E-state index < -0.39 is 11.2 Å². The molecule has 30 heavy (non-hydrogen) atoms. The third kappa shape index (κ3) is 3.38. The molecule has 0 bridgehead atoms. The molecule has 0 radical (unpaired) electrons. The van der Waals surface area contributed by atoms with Crippen LogP contribution in [0.4, 0.5) is 0 Å². The summed E-state index contributed by atoms with van der Waals surface area (Å²) >= 11 is 0. The summed E-state index contributed by atoms with van der Waals surface area (Å²) in [4.78, 5) is 44.1. The lowest BCUT2D eigenvalue weighted by Crippen LogP contribution is -2.32. The Morgan fingerprint density at radius 1 is 1.20 bits per heavy atom. The average molecular weight is 406 g/mol. The van der Waals surface area contributed by atoms with Gasteiger partial charge in [0.25, 0.3) is 11.5 Å². The van der Waals surface area contributed by atoms with Crippen LogP contribution in [-0.2, 0) is 0 Å². The lowest BCUT2D eigenvalue weighted by molar-refractivity contribution is 0.0931. The Balaban J connectivity index is 1.46. The number of amides is 1. The molecule has 1 atom stereocenters. The molecular weight excluding hydrogens is 384 g/mol. The molecule has 2 N–H and O–H groups in total. The van der Waals surface area contributed by atoms with Crippen LogP contribution in [0.5, 0.6) is 5.75 Å². The molecule has 1 amide bonds. The first-order valence-corrected chi connectivity index (χ1v) is 10.1. The van der Waals surface area contributed by atoms with Gasteiger partial charge in [-0.25, -0.2) is 9.78 Å². The highest BCUT2D eigenvalue weighted by atomic mass is 16.5. The van der Waals surface area contributed by atoms with Crippen LogP contribution in [0.15, 0.2) is 46.1 Å². The van der Waals surface area contributed by atoms with Crippen molar-refractivity contribution in [2.75, 3.05) is 7.11 Å². The number of pyridine rings is 1. The Morgan fingerprint density at radius 3 is 2.57 bits per heavy atom. The number of fused-ring (bicyclic) bond motifs is 1. The molecular formula is C22H22N4O4. The summed E-state index contributed by atoms with van der Waals surface area (Å²) in [6.07, 6.45) is 5.32. The fraction of sp³-hybridized carbons (Fsp3) is 0.364. The number of aromatic nitrogens is 3. The van der Waals surface area contributed by atoms with E-state index >= 15 is 0 Å². The Labute approximate surface area is 171 Å². The molecule has 2 heterocycles. The molecule has 5 rings (SSSR count). The van der Waals surface area contributed by atoms with Crippen molar-refractivity contribution in [3.8, 4) is 5.75 Å². The number of benzene rings is 1.